The number of hydrogen-bond acceptors (Lipinski definition) is 4. The van der Waals surface area contributed by atoms with Gasteiger partial charge in [0, 0.05) is 12.0 Å². The number of Topliss-reactive ketones (excluding diaryl/α,β-unsaturated/α-hetero) is 1. The Hall–Kier alpha value is -2.69. The Kier molecular flexibility index (Phi) is 5.04. The second kappa shape index (κ2) is 7.19. The van der Waals surface area contributed by atoms with E-state index in [2.05, 4.69) is 5.16 Å². The zero-order valence-corrected chi connectivity index (χ0v) is 11.3. The van der Waals surface area contributed by atoms with E-state index in [1.54, 1.807) is 12.2 Å². The number of carbonyl (C=O) groups is 2. The van der Waals surface area contributed by atoms with Crippen molar-refractivity contribution in [1.29, 1.82) is 0 Å². The average molecular weight is 285 g/mol. The lowest BCUT2D eigenvalue weighted by molar-refractivity contribution is -0.143. The van der Waals surface area contributed by atoms with Gasteiger partial charge < -0.3 is 9.94 Å². The molecule has 1 unspecified atom stereocenters. The number of rotatable bonds is 6. The van der Waals surface area contributed by atoms with Gasteiger partial charge in [-0.3, -0.25) is 9.59 Å². The molecule has 1 aromatic rings. The topological polar surface area (TPSA) is 76.0 Å². The van der Waals surface area contributed by atoms with Crippen molar-refractivity contribution in [2.24, 2.45) is 11.1 Å². The summed E-state index contributed by atoms with van der Waals surface area (Å²) in [5, 5.41) is 12.9. The van der Waals surface area contributed by atoms with E-state index in [0.717, 1.165) is 5.56 Å². The highest BCUT2D eigenvalue weighted by molar-refractivity contribution is 6.02. The molecule has 1 aromatic carbocycles. The van der Waals surface area contributed by atoms with Crippen LogP contribution in [0.4, 0.5) is 0 Å². The quantitative estimate of drug-likeness (QED) is 0.642. The molecule has 21 heavy (non-hydrogen) atoms. The van der Waals surface area contributed by atoms with Gasteiger partial charge in [0.1, 0.15) is 12.5 Å². The van der Waals surface area contributed by atoms with Crippen LogP contribution in [0.5, 0.6) is 0 Å². The van der Waals surface area contributed by atoms with Gasteiger partial charge in [0.15, 0.2) is 5.78 Å². The number of carboxylic acid groups (broad SMARTS) is 1. The third-order valence-corrected chi connectivity index (χ3v) is 3.03. The first-order valence-electron chi connectivity index (χ1n) is 6.51. The molecule has 1 aliphatic carbocycles. The van der Waals surface area contributed by atoms with Gasteiger partial charge in [0.05, 0.1) is 6.21 Å². The van der Waals surface area contributed by atoms with E-state index in [-0.39, 0.29) is 24.4 Å². The molecule has 0 heterocycles. The first-order valence-corrected chi connectivity index (χ1v) is 6.51. The molecule has 108 valence electrons. The van der Waals surface area contributed by atoms with Crippen LogP contribution in [0.2, 0.25) is 0 Å². The average Bonchev–Trinajstić information content (AvgIpc) is 2.49. The Morgan fingerprint density at radius 3 is 2.81 bits per heavy atom. The Morgan fingerprint density at radius 2 is 2.14 bits per heavy atom. The summed E-state index contributed by atoms with van der Waals surface area (Å²) >= 11 is 0. The van der Waals surface area contributed by atoms with E-state index in [4.69, 9.17) is 4.84 Å². The summed E-state index contributed by atoms with van der Waals surface area (Å²) in [6, 6.07) is 9.30. The highest BCUT2D eigenvalue weighted by atomic mass is 16.6. The molecule has 0 bridgehead atoms. The molecule has 0 aliphatic heterocycles. The number of oxime groups is 1. The SMILES string of the molecule is O=C1CC=CC=C1C(CO/N=C/c1ccccc1)C(=O)O. The third kappa shape index (κ3) is 4.14. The lowest BCUT2D eigenvalue weighted by Gasteiger charge is -2.15. The molecule has 0 saturated carbocycles. The van der Waals surface area contributed by atoms with E-state index < -0.39 is 11.9 Å². The molecular weight excluding hydrogens is 270 g/mol. The largest absolute Gasteiger partial charge is 0.481 e. The monoisotopic (exact) mass is 285 g/mol. The molecule has 0 fully saturated rings. The van der Waals surface area contributed by atoms with Crippen molar-refractivity contribution in [3.63, 3.8) is 0 Å². The predicted octanol–water partition coefficient (Wildman–Crippen LogP) is 2.19. The lowest BCUT2D eigenvalue weighted by Crippen LogP contribution is -2.26. The van der Waals surface area contributed by atoms with Gasteiger partial charge in [-0.2, -0.15) is 0 Å². The Morgan fingerprint density at radius 1 is 1.38 bits per heavy atom. The van der Waals surface area contributed by atoms with Crippen LogP contribution in [0.15, 0.2) is 59.3 Å². The highest BCUT2D eigenvalue weighted by Gasteiger charge is 2.28. The Labute approximate surface area is 122 Å². The molecule has 0 saturated heterocycles. The van der Waals surface area contributed by atoms with Gasteiger partial charge in [-0.15, -0.1) is 0 Å². The molecule has 1 atom stereocenters. The molecule has 1 N–H and O–H groups in total. The van der Waals surface area contributed by atoms with Crippen LogP contribution < -0.4 is 0 Å². The van der Waals surface area contributed by atoms with E-state index >= 15 is 0 Å². The lowest BCUT2D eigenvalue weighted by atomic mass is 9.91. The summed E-state index contributed by atoms with van der Waals surface area (Å²) < 4.78 is 0. The van der Waals surface area contributed by atoms with Crippen molar-refractivity contribution in [1.82, 2.24) is 0 Å². The van der Waals surface area contributed by atoms with Crippen LogP contribution in [-0.4, -0.2) is 29.7 Å². The number of benzene rings is 1. The molecule has 5 heteroatoms. The maximum Gasteiger partial charge on any atom is 0.314 e. The minimum absolute atomic E-state index is 0.177. The maximum atomic E-state index is 11.7. The number of ketones is 1. The van der Waals surface area contributed by atoms with Crippen molar-refractivity contribution in [2.45, 2.75) is 6.42 Å². The fourth-order valence-electron chi connectivity index (χ4n) is 1.92. The number of nitrogens with zero attached hydrogens (tertiary/aromatic N) is 1. The second-order valence-corrected chi connectivity index (χ2v) is 4.51. The number of carboxylic acids is 1. The normalized spacial score (nSPS) is 15.8. The number of hydrogen-bond donors (Lipinski definition) is 1. The summed E-state index contributed by atoms with van der Waals surface area (Å²) in [4.78, 5) is 28.0. The maximum absolute atomic E-state index is 11.7. The smallest absolute Gasteiger partial charge is 0.314 e. The zero-order valence-electron chi connectivity index (χ0n) is 11.3. The van der Waals surface area contributed by atoms with Crippen molar-refractivity contribution in [3.8, 4) is 0 Å². The summed E-state index contributed by atoms with van der Waals surface area (Å²) in [6.45, 7) is -0.177. The van der Waals surface area contributed by atoms with E-state index in [1.807, 2.05) is 30.3 Å². The second-order valence-electron chi connectivity index (χ2n) is 4.51. The summed E-state index contributed by atoms with van der Waals surface area (Å²) in [7, 11) is 0. The van der Waals surface area contributed by atoms with Gasteiger partial charge in [-0.25, -0.2) is 0 Å². The van der Waals surface area contributed by atoms with Crippen LogP contribution in [-0.2, 0) is 14.4 Å². The van der Waals surface area contributed by atoms with E-state index in [9.17, 15) is 14.7 Å². The molecule has 0 radical (unpaired) electrons. The fraction of sp³-hybridized carbons (Fsp3) is 0.188. The van der Waals surface area contributed by atoms with Crippen LogP contribution in [0.1, 0.15) is 12.0 Å². The first-order chi connectivity index (χ1) is 10.2. The third-order valence-electron chi connectivity index (χ3n) is 3.03. The van der Waals surface area contributed by atoms with Gasteiger partial charge >= 0.3 is 5.97 Å². The molecule has 0 amide bonds. The minimum Gasteiger partial charge on any atom is -0.481 e. The number of aliphatic carboxylic acids is 1. The molecule has 1 aliphatic rings. The predicted molar refractivity (Wildman–Crippen MR) is 78.0 cm³/mol. The Balaban J connectivity index is 1.97. The van der Waals surface area contributed by atoms with Gasteiger partial charge in [0.2, 0.25) is 0 Å². The van der Waals surface area contributed by atoms with E-state index in [0.29, 0.717) is 0 Å². The molecule has 5 nitrogen and oxygen atoms in total. The summed E-state index contributed by atoms with van der Waals surface area (Å²) in [6.07, 6.45) is 6.62. The molecular formula is C16H15NO4. The van der Waals surface area contributed by atoms with Crippen LogP contribution in [0, 0.1) is 5.92 Å². The summed E-state index contributed by atoms with van der Waals surface area (Å²) in [5.41, 5.74) is 1.10. The van der Waals surface area contributed by atoms with Crippen molar-refractivity contribution in [2.75, 3.05) is 6.61 Å². The van der Waals surface area contributed by atoms with Crippen LogP contribution in [0.3, 0.4) is 0 Å². The van der Waals surface area contributed by atoms with Crippen molar-refractivity contribution < 1.29 is 19.5 Å². The molecule has 0 aromatic heterocycles. The molecule has 2 rings (SSSR count). The summed E-state index contributed by atoms with van der Waals surface area (Å²) in [5.74, 6) is -2.30. The van der Waals surface area contributed by atoms with Gasteiger partial charge in [-0.1, -0.05) is 53.7 Å². The molecule has 0 spiro atoms. The van der Waals surface area contributed by atoms with Crippen molar-refractivity contribution in [3.05, 3.63) is 59.7 Å². The van der Waals surface area contributed by atoms with Crippen LogP contribution >= 0.6 is 0 Å². The van der Waals surface area contributed by atoms with Crippen molar-refractivity contribution >= 4 is 18.0 Å². The van der Waals surface area contributed by atoms with E-state index in [1.165, 1.54) is 12.3 Å². The standard InChI is InChI=1S/C16H15NO4/c18-15-9-5-4-8-13(15)14(16(19)20)11-21-17-10-12-6-2-1-3-7-12/h1-8,10,14H,9,11H2,(H,19,20)/b17-10+. The number of carbonyl (C=O) groups excluding carboxylic acids is 1. The number of allylic oxidation sites excluding steroid dienone is 3. The van der Waals surface area contributed by atoms with Crippen LogP contribution in [0.25, 0.3) is 0 Å². The zero-order chi connectivity index (χ0) is 15.1. The minimum atomic E-state index is -1.10. The fourth-order valence-corrected chi connectivity index (χ4v) is 1.92. The van der Waals surface area contributed by atoms with Gasteiger partial charge in [0.25, 0.3) is 0 Å². The Bertz CT molecular complexity index is 602. The highest BCUT2D eigenvalue weighted by Crippen LogP contribution is 2.19. The van der Waals surface area contributed by atoms with Gasteiger partial charge in [-0.05, 0) is 5.56 Å². The first kappa shape index (κ1) is 14.7.